The lowest BCUT2D eigenvalue weighted by molar-refractivity contribution is -0.486. The number of nitrogens with zero attached hydrogens (tertiary/aromatic N) is 1. The number of aromatic nitrogens is 1. The van der Waals surface area contributed by atoms with Crippen molar-refractivity contribution in [2.75, 3.05) is 13.2 Å². The Labute approximate surface area is 147 Å². The number of allylic oxidation sites excluding steroid dienone is 2. The molecule has 3 heteroatoms. The van der Waals surface area contributed by atoms with E-state index in [-0.39, 0.29) is 5.41 Å². The van der Waals surface area contributed by atoms with Gasteiger partial charge in [-0.2, -0.15) is 0 Å². The third-order valence-electron chi connectivity index (χ3n) is 5.63. The van der Waals surface area contributed by atoms with Crippen LogP contribution in [0.3, 0.4) is 0 Å². The first-order chi connectivity index (χ1) is 12.0. The van der Waals surface area contributed by atoms with Gasteiger partial charge in [-0.1, -0.05) is 54.8 Å². The fourth-order valence-corrected chi connectivity index (χ4v) is 4.48. The van der Waals surface area contributed by atoms with Gasteiger partial charge in [0.2, 0.25) is 0 Å². The molecular weight excluding hydrogens is 310 g/mol. The van der Waals surface area contributed by atoms with Gasteiger partial charge < -0.3 is 9.47 Å². The van der Waals surface area contributed by atoms with E-state index in [1.54, 1.807) is 0 Å². The number of aryl methyl sites for hydroxylation is 1. The summed E-state index contributed by atoms with van der Waals surface area (Å²) in [6.07, 6.45) is 4.14. The summed E-state index contributed by atoms with van der Waals surface area (Å²) in [6.45, 7) is 12.2. The Hall–Kier alpha value is -2.68. The van der Waals surface area contributed by atoms with Crippen molar-refractivity contribution in [3.05, 3.63) is 76.5 Å². The molecule has 1 aromatic carbocycles. The highest BCUT2D eigenvalue weighted by Gasteiger charge is 2.43. The van der Waals surface area contributed by atoms with E-state index >= 15 is 0 Å². The molecule has 2 aliphatic carbocycles. The van der Waals surface area contributed by atoms with E-state index in [1.807, 2.05) is 10.4 Å². The Kier molecular flexibility index (Phi) is 2.75. The van der Waals surface area contributed by atoms with E-state index in [0.717, 1.165) is 17.2 Å². The summed E-state index contributed by atoms with van der Waals surface area (Å²) in [5.41, 5.74) is 6.10. The number of pyridine rings is 1. The van der Waals surface area contributed by atoms with Crippen LogP contribution in [0, 0.1) is 19.6 Å². The highest BCUT2D eigenvalue weighted by Crippen LogP contribution is 2.53. The van der Waals surface area contributed by atoms with Gasteiger partial charge in [-0.15, -0.1) is 0 Å². The predicted molar refractivity (Wildman–Crippen MR) is 96.0 cm³/mol. The SMILES string of the molecule is C=[n+]1ccc2c3c1-c1c(C)cccc1C(C)(C)[C-]3C1=C(C=2)OCCO1. The van der Waals surface area contributed by atoms with Gasteiger partial charge >= 0.3 is 0 Å². The van der Waals surface area contributed by atoms with Crippen LogP contribution in [-0.4, -0.2) is 13.2 Å². The topological polar surface area (TPSA) is 24.4 Å². The molecule has 5 rings (SSSR count). The van der Waals surface area contributed by atoms with Gasteiger partial charge in [-0.25, -0.2) is 4.24 Å². The largest absolute Gasteiger partial charge is 0.530 e. The average Bonchev–Trinajstić information content (AvgIpc) is 2.59. The Morgan fingerprint density at radius 1 is 1.16 bits per heavy atom. The third-order valence-corrected chi connectivity index (χ3v) is 5.63. The van der Waals surface area contributed by atoms with Crippen LogP contribution in [0.4, 0.5) is 0 Å². The average molecular weight is 331 g/mol. The van der Waals surface area contributed by atoms with Crippen LogP contribution >= 0.6 is 0 Å². The molecule has 0 saturated carbocycles. The molecule has 0 bridgehead atoms. The second kappa shape index (κ2) is 4.69. The normalized spacial score (nSPS) is 19.1. The van der Waals surface area contributed by atoms with Crippen LogP contribution in [0.1, 0.15) is 30.5 Å². The molecule has 2 aromatic rings. The van der Waals surface area contributed by atoms with Crippen LogP contribution in [0.25, 0.3) is 17.3 Å². The summed E-state index contributed by atoms with van der Waals surface area (Å²) >= 11 is 0. The smallest absolute Gasteiger partial charge is 0.156 e. The summed E-state index contributed by atoms with van der Waals surface area (Å²) in [5.74, 6) is 2.96. The molecule has 126 valence electrons. The van der Waals surface area contributed by atoms with Crippen LogP contribution in [-0.2, 0) is 14.9 Å². The molecule has 0 spiro atoms. The van der Waals surface area contributed by atoms with Gasteiger partial charge in [0, 0.05) is 5.56 Å². The van der Waals surface area contributed by atoms with Crippen molar-refractivity contribution in [3.63, 3.8) is 0 Å². The molecule has 0 N–H and O–H groups in total. The maximum absolute atomic E-state index is 6.11. The molecular formula is C22H21NO2. The third kappa shape index (κ3) is 1.76. The number of fused-ring (bicyclic) bond motifs is 3. The maximum atomic E-state index is 6.11. The number of hydrogen-bond donors (Lipinski definition) is 0. The lowest BCUT2D eigenvalue weighted by atomic mass is 9.61. The second-order valence-corrected chi connectivity index (χ2v) is 7.50. The lowest BCUT2D eigenvalue weighted by Crippen LogP contribution is -2.44. The fourth-order valence-electron chi connectivity index (χ4n) is 4.48. The quantitative estimate of drug-likeness (QED) is 0.548. The molecule has 3 nitrogen and oxygen atoms in total. The summed E-state index contributed by atoms with van der Waals surface area (Å²) in [5, 5.41) is 1.18. The highest BCUT2D eigenvalue weighted by atomic mass is 16.6. The van der Waals surface area contributed by atoms with Gasteiger partial charge in [0.1, 0.15) is 25.6 Å². The highest BCUT2D eigenvalue weighted by molar-refractivity contribution is 5.81. The first kappa shape index (κ1) is 14.6. The Morgan fingerprint density at radius 2 is 1.96 bits per heavy atom. The number of rotatable bonds is 0. The fraction of sp³-hybridized carbons (Fsp3) is 0.273. The lowest BCUT2D eigenvalue weighted by Gasteiger charge is -2.49. The van der Waals surface area contributed by atoms with Gasteiger partial charge in [-0.05, 0) is 29.5 Å². The predicted octanol–water partition coefficient (Wildman–Crippen LogP) is 2.86. The molecule has 0 amide bonds. The van der Waals surface area contributed by atoms with E-state index in [2.05, 4.69) is 57.8 Å². The molecule has 0 saturated heterocycles. The van der Waals surface area contributed by atoms with Crippen molar-refractivity contribution in [3.8, 4) is 11.3 Å². The van der Waals surface area contributed by atoms with Gasteiger partial charge in [0.25, 0.3) is 0 Å². The number of benzene rings is 1. The van der Waals surface area contributed by atoms with Crippen LogP contribution < -0.4 is 9.46 Å². The second-order valence-electron chi connectivity index (χ2n) is 7.50. The first-order valence-electron chi connectivity index (χ1n) is 8.73. The monoisotopic (exact) mass is 331 g/mol. The van der Waals surface area contributed by atoms with Crippen molar-refractivity contribution in [2.24, 2.45) is 0 Å². The Bertz CT molecular complexity index is 1060. The number of ether oxygens (including phenoxy) is 2. The molecule has 1 aliphatic heterocycles. The molecule has 3 aliphatic rings. The van der Waals surface area contributed by atoms with Gasteiger partial charge in [0.05, 0.1) is 11.5 Å². The molecule has 2 heterocycles. The van der Waals surface area contributed by atoms with E-state index in [1.165, 1.54) is 33.4 Å². The molecule has 0 unspecified atom stereocenters. The van der Waals surface area contributed by atoms with E-state index < -0.39 is 0 Å². The van der Waals surface area contributed by atoms with E-state index in [9.17, 15) is 0 Å². The Morgan fingerprint density at radius 3 is 2.80 bits per heavy atom. The van der Waals surface area contributed by atoms with E-state index in [0.29, 0.717) is 13.2 Å². The minimum atomic E-state index is -0.174. The van der Waals surface area contributed by atoms with Crippen molar-refractivity contribution in [1.82, 2.24) is 0 Å². The zero-order valence-electron chi connectivity index (χ0n) is 14.8. The van der Waals surface area contributed by atoms with Crippen molar-refractivity contribution in [1.29, 1.82) is 0 Å². The zero-order chi connectivity index (χ0) is 17.3. The molecule has 25 heavy (non-hydrogen) atoms. The van der Waals surface area contributed by atoms with Crippen molar-refractivity contribution in [2.45, 2.75) is 26.2 Å². The van der Waals surface area contributed by atoms with Crippen LogP contribution in [0.2, 0.25) is 0 Å². The van der Waals surface area contributed by atoms with Gasteiger partial charge in [-0.3, -0.25) is 0 Å². The van der Waals surface area contributed by atoms with Crippen LogP contribution in [0.5, 0.6) is 0 Å². The number of hydrogen-bond acceptors (Lipinski definition) is 2. The molecule has 0 atom stereocenters. The minimum Gasteiger partial charge on any atom is -0.530 e. The summed E-state index contributed by atoms with van der Waals surface area (Å²) in [7, 11) is 0. The minimum absolute atomic E-state index is 0.174. The summed E-state index contributed by atoms with van der Waals surface area (Å²) in [4.78, 5) is 0. The van der Waals surface area contributed by atoms with E-state index in [4.69, 9.17) is 9.47 Å². The zero-order valence-corrected chi connectivity index (χ0v) is 14.8. The maximum Gasteiger partial charge on any atom is 0.156 e. The summed E-state index contributed by atoms with van der Waals surface area (Å²) in [6, 6.07) is 8.66. The standard InChI is InChI=1S/C22H21NO2/c1-13-6-5-7-15-17(13)20-18-14(8-9-23(20)4)12-16-21(25-11-10-24-16)19(18)22(15,2)3/h5-9,12H,4,10-11H2,1-3H3. The molecule has 0 fully saturated rings. The van der Waals surface area contributed by atoms with Crippen LogP contribution in [0.15, 0.2) is 42.0 Å². The van der Waals surface area contributed by atoms with Crippen molar-refractivity contribution >= 4 is 6.08 Å². The Balaban J connectivity index is 1.98. The molecule has 1 aromatic heterocycles. The molecule has 0 radical (unpaired) electrons. The van der Waals surface area contributed by atoms with Crippen molar-refractivity contribution < 1.29 is 13.7 Å². The summed E-state index contributed by atoms with van der Waals surface area (Å²) < 4.78 is 14.0. The first-order valence-corrected chi connectivity index (χ1v) is 8.73. The van der Waals surface area contributed by atoms with Gasteiger partial charge in [0.15, 0.2) is 6.20 Å².